The molecule has 0 bridgehead atoms. The lowest BCUT2D eigenvalue weighted by atomic mass is 10.1. The van der Waals surface area contributed by atoms with Gasteiger partial charge >= 0.3 is 0 Å². The van der Waals surface area contributed by atoms with Crippen LogP contribution < -0.4 is 15.4 Å². The van der Waals surface area contributed by atoms with Crippen LogP contribution in [-0.4, -0.2) is 41.0 Å². The molecule has 10 nitrogen and oxygen atoms in total. The number of rotatable bonds is 9. The number of carbonyl (C=O) groups excluding carboxylic acids is 2. The summed E-state index contributed by atoms with van der Waals surface area (Å²) >= 11 is 18.7. The molecule has 0 aliphatic heterocycles. The number of anilines is 1. The normalized spacial score (nSPS) is 13.2. The Morgan fingerprint density at radius 1 is 1.00 bits per heavy atom. The summed E-state index contributed by atoms with van der Waals surface area (Å²) in [7, 11) is -3.99. The highest BCUT2D eigenvalue weighted by Crippen LogP contribution is 2.29. The predicted octanol–water partition coefficient (Wildman–Crippen LogP) is 5.16. The molecular weight excluding hydrogens is 611 g/mol. The lowest BCUT2D eigenvalue weighted by Crippen LogP contribution is -2.27. The van der Waals surface area contributed by atoms with E-state index in [1.807, 2.05) is 0 Å². The number of benzene rings is 2. The first-order chi connectivity index (χ1) is 19.5. The summed E-state index contributed by atoms with van der Waals surface area (Å²) in [6.45, 7) is 1.46. The van der Waals surface area contributed by atoms with Gasteiger partial charge in [-0.2, -0.15) is 5.10 Å². The summed E-state index contributed by atoms with van der Waals surface area (Å²) in [5.41, 5.74) is 1.26. The number of hydrogen-bond donors (Lipinski definition) is 3. The maximum absolute atomic E-state index is 13.7. The maximum atomic E-state index is 13.7. The molecule has 1 fully saturated rings. The minimum absolute atomic E-state index is 0.000410. The van der Waals surface area contributed by atoms with E-state index in [0.29, 0.717) is 10.6 Å². The molecule has 41 heavy (non-hydrogen) atoms. The van der Waals surface area contributed by atoms with Crippen molar-refractivity contribution in [2.45, 2.75) is 37.2 Å². The molecule has 0 atom stereocenters. The third-order valence-electron chi connectivity index (χ3n) is 6.20. The molecule has 1 aliphatic carbocycles. The monoisotopic (exact) mass is 632 g/mol. The van der Waals surface area contributed by atoms with Gasteiger partial charge in [0, 0.05) is 17.3 Å². The van der Waals surface area contributed by atoms with E-state index in [2.05, 4.69) is 25.4 Å². The second-order valence-electron chi connectivity index (χ2n) is 9.34. The minimum atomic E-state index is -3.99. The number of sulfonamides is 1. The molecule has 1 saturated carbocycles. The van der Waals surface area contributed by atoms with Gasteiger partial charge in [0.15, 0.2) is 5.82 Å². The molecule has 2 aromatic carbocycles. The Morgan fingerprint density at radius 2 is 1.73 bits per heavy atom. The highest BCUT2D eigenvalue weighted by atomic mass is 35.5. The number of halogens is 3. The lowest BCUT2D eigenvalue weighted by molar-refractivity contribution is 0.0952. The van der Waals surface area contributed by atoms with Crippen LogP contribution in [0, 0.1) is 6.92 Å². The quantitative estimate of drug-likeness (QED) is 0.233. The fourth-order valence-corrected chi connectivity index (χ4v) is 6.03. The maximum Gasteiger partial charge on any atom is 0.274 e. The SMILES string of the molecule is Cc1cc(Cl)cc(C(=O)NC2CC2)c1NC(=O)c1cc(CNS(=O)(=O)c2ccccc2Cl)nn1-c1ncccc1Cl. The molecule has 2 aromatic heterocycles. The van der Waals surface area contributed by atoms with Crippen LogP contribution in [0.15, 0.2) is 65.7 Å². The smallest absolute Gasteiger partial charge is 0.274 e. The van der Waals surface area contributed by atoms with Crippen LogP contribution >= 0.6 is 34.8 Å². The van der Waals surface area contributed by atoms with E-state index >= 15 is 0 Å². The number of nitrogens with one attached hydrogen (secondary N) is 3. The Balaban J connectivity index is 1.48. The molecule has 4 aromatic rings. The standard InChI is InChI=1S/C27H23Cl3N6O4S/c1-15-11-16(28)12-19(26(37)33-17-8-9-17)24(15)34-27(38)22-13-18(35-36(22)25-21(30)6-4-10-31-25)14-32-41(39,40)23-7-3-2-5-20(23)29/h2-7,10-13,17,32H,8-9,14H2,1H3,(H,33,37)(H,34,38). The van der Waals surface area contributed by atoms with Gasteiger partial charge < -0.3 is 10.6 Å². The predicted molar refractivity (Wildman–Crippen MR) is 156 cm³/mol. The fraction of sp³-hybridized carbons (Fsp3) is 0.185. The molecule has 3 N–H and O–H groups in total. The van der Waals surface area contributed by atoms with Gasteiger partial charge in [-0.15, -0.1) is 0 Å². The number of hydrogen-bond acceptors (Lipinski definition) is 6. The van der Waals surface area contributed by atoms with Gasteiger partial charge in [-0.3, -0.25) is 9.59 Å². The molecule has 0 unspecified atom stereocenters. The van der Waals surface area contributed by atoms with Gasteiger partial charge in [0.1, 0.15) is 10.6 Å². The second-order valence-corrected chi connectivity index (χ2v) is 12.3. The van der Waals surface area contributed by atoms with Crippen molar-refractivity contribution in [3.05, 3.63) is 98.4 Å². The molecular formula is C27H23Cl3N6O4S. The molecule has 0 saturated heterocycles. The van der Waals surface area contributed by atoms with Crippen molar-refractivity contribution >= 4 is 62.3 Å². The van der Waals surface area contributed by atoms with Gasteiger partial charge in [-0.1, -0.05) is 46.9 Å². The first kappa shape index (κ1) is 29.0. The Morgan fingerprint density at radius 3 is 2.44 bits per heavy atom. The first-order valence-corrected chi connectivity index (χ1v) is 15.0. The number of aryl methyl sites for hydroxylation is 1. The zero-order valence-electron chi connectivity index (χ0n) is 21.5. The van der Waals surface area contributed by atoms with Gasteiger partial charge in [-0.05, 0) is 67.8 Å². The molecule has 0 spiro atoms. The van der Waals surface area contributed by atoms with Crippen LogP contribution in [0.2, 0.25) is 15.1 Å². The van der Waals surface area contributed by atoms with Crippen molar-refractivity contribution < 1.29 is 18.0 Å². The zero-order valence-corrected chi connectivity index (χ0v) is 24.6. The number of aromatic nitrogens is 3. The summed E-state index contributed by atoms with van der Waals surface area (Å²) in [4.78, 5) is 30.8. The van der Waals surface area contributed by atoms with E-state index in [4.69, 9.17) is 34.8 Å². The highest BCUT2D eigenvalue weighted by Gasteiger charge is 2.27. The van der Waals surface area contributed by atoms with E-state index < -0.39 is 15.9 Å². The number of carbonyl (C=O) groups is 2. The van der Waals surface area contributed by atoms with E-state index in [0.717, 1.165) is 12.8 Å². The molecule has 2 heterocycles. The van der Waals surface area contributed by atoms with Gasteiger partial charge in [-0.25, -0.2) is 22.8 Å². The Bertz CT molecular complexity index is 1770. The third-order valence-corrected chi connectivity index (χ3v) is 8.61. The molecule has 14 heteroatoms. The molecule has 0 radical (unpaired) electrons. The van der Waals surface area contributed by atoms with Crippen LogP contribution in [0.25, 0.3) is 5.82 Å². The molecule has 1 aliphatic rings. The fourth-order valence-electron chi connectivity index (χ4n) is 4.04. The topological polar surface area (TPSA) is 135 Å². The van der Waals surface area contributed by atoms with Crippen molar-refractivity contribution in [3.63, 3.8) is 0 Å². The Labute approximate surface area is 251 Å². The molecule has 5 rings (SSSR count). The largest absolute Gasteiger partial charge is 0.349 e. The van der Waals surface area contributed by atoms with E-state index in [1.165, 1.54) is 35.1 Å². The summed E-state index contributed by atoms with van der Waals surface area (Å²) in [6.07, 6.45) is 3.26. The average Bonchev–Trinajstić information content (AvgIpc) is 3.64. The summed E-state index contributed by atoms with van der Waals surface area (Å²) in [5, 5.41) is 10.7. The van der Waals surface area contributed by atoms with E-state index in [1.54, 1.807) is 37.3 Å². The number of nitrogens with zero attached hydrogens (tertiary/aromatic N) is 3. The van der Waals surface area contributed by atoms with Crippen molar-refractivity contribution in [1.29, 1.82) is 0 Å². The lowest BCUT2D eigenvalue weighted by Gasteiger charge is -2.15. The summed E-state index contributed by atoms with van der Waals surface area (Å²) in [5.74, 6) is -0.839. The van der Waals surface area contributed by atoms with E-state index in [-0.39, 0.29) is 61.9 Å². The molecule has 212 valence electrons. The van der Waals surface area contributed by atoms with Crippen LogP contribution in [0.3, 0.4) is 0 Å². The van der Waals surface area contributed by atoms with Crippen LogP contribution in [0.5, 0.6) is 0 Å². The summed E-state index contributed by atoms with van der Waals surface area (Å²) in [6, 6.07) is 13.8. The van der Waals surface area contributed by atoms with Crippen molar-refractivity contribution in [1.82, 2.24) is 24.8 Å². The third kappa shape index (κ3) is 6.55. The first-order valence-electron chi connectivity index (χ1n) is 12.4. The number of amides is 2. The summed E-state index contributed by atoms with van der Waals surface area (Å²) < 4.78 is 29.4. The zero-order chi connectivity index (χ0) is 29.3. The Hall–Kier alpha value is -3.48. The average molecular weight is 634 g/mol. The van der Waals surface area contributed by atoms with Gasteiger partial charge in [0.2, 0.25) is 10.0 Å². The molecule has 2 amide bonds. The number of pyridine rings is 1. The van der Waals surface area contributed by atoms with Gasteiger partial charge in [0.05, 0.1) is 33.5 Å². The Kier molecular flexibility index (Phi) is 8.35. The van der Waals surface area contributed by atoms with Crippen LogP contribution in [0.1, 0.15) is 44.9 Å². The van der Waals surface area contributed by atoms with Crippen LogP contribution in [-0.2, 0) is 16.6 Å². The van der Waals surface area contributed by atoms with Crippen molar-refractivity contribution in [3.8, 4) is 5.82 Å². The van der Waals surface area contributed by atoms with E-state index in [9.17, 15) is 18.0 Å². The second kappa shape index (κ2) is 11.8. The van der Waals surface area contributed by atoms with Crippen LogP contribution in [0.4, 0.5) is 5.69 Å². The van der Waals surface area contributed by atoms with Gasteiger partial charge in [0.25, 0.3) is 11.8 Å². The van der Waals surface area contributed by atoms with Crippen molar-refractivity contribution in [2.24, 2.45) is 0 Å². The highest BCUT2D eigenvalue weighted by molar-refractivity contribution is 7.89. The minimum Gasteiger partial charge on any atom is -0.349 e. The van der Waals surface area contributed by atoms with Crippen molar-refractivity contribution in [2.75, 3.05) is 5.32 Å².